The summed E-state index contributed by atoms with van der Waals surface area (Å²) in [7, 11) is -3.59. The van der Waals surface area contributed by atoms with Gasteiger partial charge in [0.05, 0.1) is 11.9 Å². The van der Waals surface area contributed by atoms with Crippen molar-refractivity contribution in [3.63, 3.8) is 0 Å². The second kappa shape index (κ2) is 13.1. The third kappa shape index (κ3) is 8.23. The zero-order chi connectivity index (χ0) is 27.0. The van der Waals surface area contributed by atoms with Crippen molar-refractivity contribution >= 4 is 39.1 Å². The van der Waals surface area contributed by atoms with Crippen molar-refractivity contribution in [1.82, 2.24) is 10.2 Å². The number of hydrogen-bond acceptors (Lipinski definition) is 4. The molecule has 7 nitrogen and oxygen atoms in total. The summed E-state index contributed by atoms with van der Waals surface area (Å²) in [6, 6.07) is 12.2. The van der Waals surface area contributed by atoms with Crippen LogP contribution in [0.2, 0.25) is 5.02 Å². The summed E-state index contributed by atoms with van der Waals surface area (Å²) in [6.45, 7) is 9.85. The Morgan fingerprint density at radius 1 is 1.06 bits per heavy atom. The molecule has 198 valence electrons. The average Bonchev–Trinajstić information content (AvgIpc) is 2.81. The number of carbonyl (C=O) groups is 2. The third-order valence-electron chi connectivity index (χ3n) is 6.36. The third-order valence-corrected chi connectivity index (χ3v) is 7.78. The Kier molecular flexibility index (Phi) is 10.8. The largest absolute Gasteiger partial charge is 0.352 e. The Bertz CT molecular complexity index is 1170. The van der Waals surface area contributed by atoms with Crippen molar-refractivity contribution in [2.75, 3.05) is 17.1 Å². The minimum Gasteiger partial charge on any atom is -0.352 e. The molecule has 0 aliphatic rings. The molecule has 2 atom stereocenters. The van der Waals surface area contributed by atoms with E-state index in [1.807, 2.05) is 52.0 Å². The lowest BCUT2D eigenvalue weighted by atomic mass is 10.1. The first kappa shape index (κ1) is 29.6. The van der Waals surface area contributed by atoms with Gasteiger partial charge in [-0.2, -0.15) is 0 Å². The van der Waals surface area contributed by atoms with Crippen molar-refractivity contribution < 1.29 is 18.0 Å². The first-order valence-corrected chi connectivity index (χ1v) is 14.5. The quantitative estimate of drug-likeness (QED) is 0.421. The van der Waals surface area contributed by atoms with E-state index in [9.17, 15) is 18.0 Å². The van der Waals surface area contributed by atoms with E-state index in [0.29, 0.717) is 23.7 Å². The number of nitrogens with zero attached hydrogens (tertiary/aromatic N) is 2. The summed E-state index contributed by atoms with van der Waals surface area (Å²) in [6.07, 6.45) is 2.32. The van der Waals surface area contributed by atoms with Gasteiger partial charge in [0.15, 0.2) is 0 Å². The molecule has 0 unspecified atom stereocenters. The van der Waals surface area contributed by atoms with Gasteiger partial charge < -0.3 is 10.2 Å². The molecule has 0 saturated carbocycles. The van der Waals surface area contributed by atoms with Gasteiger partial charge in [-0.3, -0.25) is 13.9 Å². The summed E-state index contributed by atoms with van der Waals surface area (Å²) in [5.74, 6) is -0.417. The number of carbonyl (C=O) groups excluding carboxylic acids is 2. The van der Waals surface area contributed by atoms with Gasteiger partial charge in [0, 0.05) is 30.6 Å². The van der Waals surface area contributed by atoms with Crippen LogP contribution in [0.1, 0.15) is 56.7 Å². The Labute approximate surface area is 220 Å². The van der Waals surface area contributed by atoms with Gasteiger partial charge in [-0.15, -0.1) is 0 Å². The highest BCUT2D eigenvalue weighted by atomic mass is 35.5. The van der Waals surface area contributed by atoms with Gasteiger partial charge in [-0.1, -0.05) is 48.9 Å². The molecule has 1 N–H and O–H groups in total. The van der Waals surface area contributed by atoms with Crippen LogP contribution in [0.4, 0.5) is 5.69 Å². The molecule has 2 amide bonds. The van der Waals surface area contributed by atoms with Crippen LogP contribution in [-0.4, -0.2) is 50.0 Å². The lowest BCUT2D eigenvalue weighted by Crippen LogP contribution is -2.49. The van der Waals surface area contributed by atoms with E-state index in [4.69, 9.17) is 11.6 Å². The standard InChI is InChI=1S/C27H38ClN3O4S/c1-7-21(4)29-27(33)22(5)30(18-23-12-9-8-11-19(23)2)26(32)13-10-16-31(36(6,34)35)25-17-24(28)15-14-20(25)3/h8-9,11-12,14-15,17,21-22H,7,10,13,16,18H2,1-6H3,(H,29,33)/t21-,22-/m0/s1. The number of hydrogen-bond donors (Lipinski definition) is 1. The van der Waals surface area contributed by atoms with Crippen LogP contribution in [0, 0.1) is 13.8 Å². The van der Waals surface area contributed by atoms with Crippen molar-refractivity contribution in [1.29, 1.82) is 0 Å². The predicted octanol–water partition coefficient (Wildman–Crippen LogP) is 4.84. The number of benzene rings is 2. The second-order valence-corrected chi connectivity index (χ2v) is 11.7. The monoisotopic (exact) mass is 535 g/mol. The van der Waals surface area contributed by atoms with Gasteiger partial charge in [0.1, 0.15) is 6.04 Å². The van der Waals surface area contributed by atoms with Crippen molar-refractivity contribution in [2.24, 2.45) is 0 Å². The highest BCUT2D eigenvalue weighted by molar-refractivity contribution is 7.92. The Morgan fingerprint density at radius 3 is 2.33 bits per heavy atom. The normalized spacial score (nSPS) is 13.1. The zero-order valence-corrected chi connectivity index (χ0v) is 23.6. The number of anilines is 1. The Morgan fingerprint density at radius 2 is 1.72 bits per heavy atom. The summed E-state index contributed by atoms with van der Waals surface area (Å²) in [5, 5.41) is 3.40. The predicted molar refractivity (Wildman–Crippen MR) is 147 cm³/mol. The molecule has 0 aliphatic heterocycles. The average molecular weight is 536 g/mol. The van der Waals surface area contributed by atoms with E-state index >= 15 is 0 Å². The number of rotatable bonds is 12. The molecule has 2 aromatic carbocycles. The Balaban J connectivity index is 2.22. The van der Waals surface area contributed by atoms with Crippen LogP contribution in [-0.2, 0) is 26.2 Å². The maximum Gasteiger partial charge on any atom is 0.242 e. The molecule has 0 aromatic heterocycles. The maximum absolute atomic E-state index is 13.4. The smallest absolute Gasteiger partial charge is 0.242 e. The van der Waals surface area contributed by atoms with Crippen LogP contribution >= 0.6 is 11.6 Å². The van der Waals surface area contributed by atoms with E-state index in [0.717, 1.165) is 29.4 Å². The lowest BCUT2D eigenvalue weighted by Gasteiger charge is -2.30. The molecular formula is C27H38ClN3O4S. The molecule has 0 saturated heterocycles. The fourth-order valence-corrected chi connectivity index (χ4v) is 5.03. The Hall–Kier alpha value is -2.58. The molecule has 0 fully saturated rings. The van der Waals surface area contributed by atoms with E-state index < -0.39 is 16.1 Å². The van der Waals surface area contributed by atoms with E-state index in [2.05, 4.69) is 5.32 Å². The first-order valence-electron chi connectivity index (χ1n) is 12.2. The van der Waals surface area contributed by atoms with Crippen LogP contribution in [0.25, 0.3) is 0 Å². The molecule has 0 aliphatic carbocycles. The van der Waals surface area contributed by atoms with Crippen LogP contribution < -0.4 is 9.62 Å². The van der Waals surface area contributed by atoms with Gasteiger partial charge >= 0.3 is 0 Å². The fourth-order valence-electron chi connectivity index (χ4n) is 3.85. The van der Waals surface area contributed by atoms with Crippen LogP contribution in [0.5, 0.6) is 0 Å². The van der Waals surface area contributed by atoms with Crippen molar-refractivity contribution in [3.8, 4) is 0 Å². The van der Waals surface area contributed by atoms with Gasteiger partial charge in [0.2, 0.25) is 21.8 Å². The van der Waals surface area contributed by atoms with Crippen molar-refractivity contribution in [3.05, 3.63) is 64.2 Å². The molecule has 0 heterocycles. The molecule has 9 heteroatoms. The minimum atomic E-state index is -3.59. The molecule has 0 bridgehead atoms. The molecule has 0 radical (unpaired) electrons. The molecular weight excluding hydrogens is 498 g/mol. The highest BCUT2D eigenvalue weighted by Crippen LogP contribution is 2.27. The number of amides is 2. The molecule has 36 heavy (non-hydrogen) atoms. The number of aryl methyl sites for hydroxylation is 2. The molecule has 2 rings (SSSR count). The van der Waals surface area contributed by atoms with Gasteiger partial charge in [-0.25, -0.2) is 8.42 Å². The van der Waals surface area contributed by atoms with E-state index in [-0.39, 0.29) is 30.8 Å². The number of sulfonamides is 1. The molecule has 0 spiro atoms. The van der Waals surface area contributed by atoms with E-state index in [1.54, 1.807) is 30.0 Å². The van der Waals surface area contributed by atoms with Crippen molar-refractivity contribution in [2.45, 2.75) is 72.5 Å². The fraction of sp³-hybridized carbons (Fsp3) is 0.481. The highest BCUT2D eigenvalue weighted by Gasteiger charge is 2.27. The summed E-state index contributed by atoms with van der Waals surface area (Å²) in [5.41, 5.74) is 3.26. The number of halogens is 1. The number of nitrogens with one attached hydrogen (secondary N) is 1. The topological polar surface area (TPSA) is 86.8 Å². The van der Waals surface area contributed by atoms with Crippen LogP contribution in [0.15, 0.2) is 42.5 Å². The minimum absolute atomic E-state index is 0.000353. The second-order valence-electron chi connectivity index (χ2n) is 9.31. The lowest BCUT2D eigenvalue weighted by molar-refractivity contribution is -0.140. The maximum atomic E-state index is 13.4. The van der Waals surface area contributed by atoms with E-state index in [1.165, 1.54) is 4.31 Å². The van der Waals surface area contributed by atoms with Gasteiger partial charge in [-0.05, 0) is 69.4 Å². The summed E-state index contributed by atoms with van der Waals surface area (Å²) >= 11 is 6.12. The SMILES string of the molecule is CC[C@H](C)NC(=O)[C@H](C)N(Cc1ccccc1C)C(=O)CCCN(c1cc(Cl)ccc1C)S(C)(=O)=O. The van der Waals surface area contributed by atoms with Crippen LogP contribution in [0.3, 0.4) is 0 Å². The zero-order valence-electron chi connectivity index (χ0n) is 22.0. The first-order chi connectivity index (χ1) is 16.8. The summed E-state index contributed by atoms with van der Waals surface area (Å²) in [4.78, 5) is 27.9. The molecule has 2 aromatic rings. The summed E-state index contributed by atoms with van der Waals surface area (Å²) < 4.78 is 26.4. The van der Waals surface area contributed by atoms with Gasteiger partial charge in [0.25, 0.3) is 0 Å².